The summed E-state index contributed by atoms with van der Waals surface area (Å²) in [5.74, 6) is 0.972. The number of carbonyl (C=O) groups excluding carboxylic acids is 1. The largest absolute Gasteiger partial charge is 0.486 e. The Bertz CT molecular complexity index is 1410. The molecule has 0 aliphatic carbocycles. The molecule has 3 aromatic carbocycles. The molecule has 2 heterocycles. The van der Waals surface area contributed by atoms with Crippen molar-refractivity contribution in [3.05, 3.63) is 99.8 Å². The van der Waals surface area contributed by atoms with E-state index in [1.165, 1.54) is 22.5 Å². The highest BCUT2D eigenvalue weighted by Gasteiger charge is 2.14. The second kappa shape index (κ2) is 9.62. The van der Waals surface area contributed by atoms with Gasteiger partial charge in [0.15, 0.2) is 11.5 Å². The van der Waals surface area contributed by atoms with E-state index in [0.29, 0.717) is 51.7 Å². The molecule has 0 bridgehead atoms. The Hall–Kier alpha value is -3.75. The molecule has 5 rings (SSSR count). The van der Waals surface area contributed by atoms with Gasteiger partial charge in [0.2, 0.25) is 0 Å². The van der Waals surface area contributed by atoms with Crippen molar-refractivity contribution in [3.8, 4) is 17.2 Å². The summed E-state index contributed by atoms with van der Waals surface area (Å²) in [7, 11) is 0. The highest BCUT2D eigenvalue weighted by atomic mass is 35.5. The molecule has 0 saturated carbocycles. The highest BCUT2D eigenvalue weighted by molar-refractivity contribution is 7.99. The van der Waals surface area contributed by atoms with Crippen molar-refractivity contribution in [1.82, 2.24) is 9.78 Å². The van der Waals surface area contributed by atoms with Crippen LogP contribution >= 0.6 is 23.4 Å². The second-order valence-electron chi connectivity index (χ2n) is 7.34. The number of fused-ring (bicyclic) bond motifs is 1. The number of benzene rings is 3. The van der Waals surface area contributed by atoms with E-state index in [2.05, 4.69) is 10.4 Å². The third kappa shape index (κ3) is 4.93. The fraction of sp³-hybridized carbons (Fsp3) is 0.0800. The normalized spacial score (nSPS) is 12.3. The Labute approximate surface area is 204 Å². The summed E-state index contributed by atoms with van der Waals surface area (Å²) in [5.41, 5.74) is 1.33. The molecule has 170 valence electrons. The maximum Gasteiger partial charge on any atom is 0.271 e. The number of nitrogens with one attached hydrogen (secondary N) is 1. The number of carbonyl (C=O) groups is 1. The predicted octanol–water partition coefficient (Wildman–Crippen LogP) is 5.06. The lowest BCUT2D eigenvalue weighted by Gasteiger charge is -2.19. The van der Waals surface area contributed by atoms with Gasteiger partial charge in [-0.15, -0.1) is 0 Å². The molecule has 7 nitrogen and oxygen atoms in total. The van der Waals surface area contributed by atoms with Crippen LogP contribution in [0.1, 0.15) is 10.4 Å². The van der Waals surface area contributed by atoms with Crippen molar-refractivity contribution < 1.29 is 14.3 Å². The van der Waals surface area contributed by atoms with Crippen LogP contribution in [0.2, 0.25) is 5.02 Å². The zero-order chi connectivity index (χ0) is 23.5. The van der Waals surface area contributed by atoms with E-state index in [9.17, 15) is 9.59 Å². The summed E-state index contributed by atoms with van der Waals surface area (Å²) >= 11 is 7.36. The molecular formula is C25H18ClN3O4S. The van der Waals surface area contributed by atoms with Crippen molar-refractivity contribution in [2.24, 2.45) is 0 Å². The van der Waals surface area contributed by atoms with E-state index in [0.717, 1.165) is 4.90 Å². The van der Waals surface area contributed by atoms with Gasteiger partial charge in [-0.1, -0.05) is 23.4 Å². The minimum absolute atomic E-state index is 0.270. The Morgan fingerprint density at radius 2 is 1.65 bits per heavy atom. The van der Waals surface area contributed by atoms with Gasteiger partial charge in [-0.3, -0.25) is 9.59 Å². The lowest BCUT2D eigenvalue weighted by molar-refractivity contribution is 0.102. The Balaban J connectivity index is 1.32. The number of ether oxygens (including phenoxy) is 2. The van der Waals surface area contributed by atoms with Crippen LogP contribution in [0.3, 0.4) is 0 Å². The number of amides is 1. The number of hydrogen-bond donors (Lipinski definition) is 1. The molecule has 1 aliphatic heterocycles. The van der Waals surface area contributed by atoms with Gasteiger partial charge in [0.05, 0.1) is 5.69 Å². The highest BCUT2D eigenvalue weighted by Crippen LogP contribution is 2.32. The molecule has 0 fully saturated rings. The van der Waals surface area contributed by atoms with Gasteiger partial charge in [0, 0.05) is 33.3 Å². The molecule has 1 amide bonds. The Kier molecular flexibility index (Phi) is 6.24. The van der Waals surface area contributed by atoms with Crippen molar-refractivity contribution in [3.63, 3.8) is 0 Å². The molecule has 0 unspecified atom stereocenters. The topological polar surface area (TPSA) is 82.4 Å². The van der Waals surface area contributed by atoms with Gasteiger partial charge >= 0.3 is 0 Å². The van der Waals surface area contributed by atoms with Crippen LogP contribution in [-0.2, 0) is 0 Å². The number of hydrogen-bond acceptors (Lipinski definition) is 6. The average Bonchev–Trinajstić information content (AvgIpc) is 2.86. The van der Waals surface area contributed by atoms with Crippen LogP contribution in [-0.4, -0.2) is 28.9 Å². The van der Waals surface area contributed by atoms with Gasteiger partial charge in [-0.25, -0.2) is 0 Å². The fourth-order valence-corrected chi connectivity index (χ4v) is 4.23. The van der Waals surface area contributed by atoms with E-state index in [-0.39, 0.29) is 11.5 Å². The number of halogens is 1. The molecule has 34 heavy (non-hydrogen) atoms. The maximum absolute atomic E-state index is 12.7. The molecular weight excluding hydrogens is 474 g/mol. The molecule has 0 saturated heterocycles. The Morgan fingerprint density at radius 3 is 2.41 bits per heavy atom. The average molecular weight is 492 g/mol. The molecule has 0 radical (unpaired) electrons. The van der Waals surface area contributed by atoms with Crippen molar-refractivity contribution in [1.29, 1.82) is 0 Å². The quantitative estimate of drug-likeness (QED) is 0.420. The third-order valence-corrected chi connectivity index (χ3v) is 6.17. The van der Waals surface area contributed by atoms with E-state index < -0.39 is 0 Å². The van der Waals surface area contributed by atoms with Crippen LogP contribution in [0.15, 0.2) is 93.6 Å². The first-order chi connectivity index (χ1) is 16.5. The molecule has 0 atom stereocenters. The number of aromatic nitrogens is 2. The summed E-state index contributed by atoms with van der Waals surface area (Å²) in [5, 5.41) is 8.61. The summed E-state index contributed by atoms with van der Waals surface area (Å²) in [4.78, 5) is 26.1. The van der Waals surface area contributed by atoms with Gasteiger partial charge < -0.3 is 14.8 Å². The first-order valence-corrected chi connectivity index (χ1v) is 11.6. The molecule has 4 aromatic rings. The minimum Gasteiger partial charge on any atom is -0.486 e. The van der Waals surface area contributed by atoms with Crippen LogP contribution < -0.4 is 20.3 Å². The lowest BCUT2D eigenvalue weighted by atomic mass is 10.2. The van der Waals surface area contributed by atoms with E-state index in [4.69, 9.17) is 21.1 Å². The summed E-state index contributed by atoms with van der Waals surface area (Å²) < 4.78 is 12.4. The number of anilines is 1. The standard InChI is InChI=1S/C25H18ClN3O4S/c26-17-3-8-20(9-4-17)34-23-11-12-24(30)29(28-23)19-6-1-16(2-7-19)25(31)27-18-5-10-21-22(15-18)33-14-13-32-21/h1-12,15H,13-14H2,(H,27,31). The molecule has 0 spiro atoms. The van der Waals surface area contributed by atoms with E-state index >= 15 is 0 Å². The monoisotopic (exact) mass is 491 g/mol. The van der Waals surface area contributed by atoms with Crippen molar-refractivity contribution >= 4 is 35.0 Å². The first-order valence-electron chi connectivity index (χ1n) is 10.4. The van der Waals surface area contributed by atoms with Gasteiger partial charge in [0.1, 0.15) is 18.2 Å². The zero-order valence-electron chi connectivity index (χ0n) is 17.7. The summed E-state index contributed by atoms with van der Waals surface area (Å²) in [6.45, 7) is 0.977. The van der Waals surface area contributed by atoms with Crippen LogP contribution in [0, 0.1) is 0 Å². The Morgan fingerprint density at radius 1 is 0.912 bits per heavy atom. The number of rotatable bonds is 5. The van der Waals surface area contributed by atoms with E-state index in [1.54, 1.807) is 60.7 Å². The smallest absolute Gasteiger partial charge is 0.271 e. The van der Waals surface area contributed by atoms with Crippen molar-refractivity contribution in [2.75, 3.05) is 18.5 Å². The predicted molar refractivity (Wildman–Crippen MR) is 131 cm³/mol. The maximum atomic E-state index is 12.7. The molecule has 1 aliphatic rings. The summed E-state index contributed by atoms with van der Waals surface area (Å²) in [6.07, 6.45) is 0. The minimum atomic E-state index is -0.282. The van der Waals surface area contributed by atoms with Crippen molar-refractivity contribution in [2.45, 2.75) is 9.92 Å². The summed E-state index contributed by atoms with van der Waals surface area (Å²) in [6, 6.07) is 22.4. The van der Waals surface area contributed by atoms with Gasteiger partial charge in [-0.2, -0.15) is 9.78 Å². The van der Waals surface area contributed by atoms with Crippen LogP contribution in [0.5, 0.6) is 11.5 Å². The second-order valence-corrected chi connectivity index (χ2v) is 8.87. The third-order valence-electron chi connectivity index (χ3n) is 4.99. The SMILES string of the molecule is O=C(Nc1ccc2c(c1)OCCO2)c1ccc(-n2nc(Sc3ccc(Cl)cc3)ccc2=O)cc1. The molecule has 9 heteroatoms. The molecule has 1 N–H and O–H groups in total. The molecule has 1 aromatic heterocycles. The number of nitrogens with zero attached hydrogens (tertiary/aromatic N) is 2. The van der Waals surface area contributed by atoms with Gasteiger partial charge in [0.25, 0.3) is 11.5 Å². The lowest BCUT2D eigenvalue weighted by Crippen LogP contribution is -2.20. The zero-order valence-corrected chi connectivity index (χ0v) is 19.3. The van der Waals surface area contributed by atoms with Crippen LogP contribution in [0.25, 0.3) is 5.69 Å². The fourth-order valence-electron chi connectivity index (χ4n) is 3.34. The van der Waals surface area contributed by atoms with E-state index in [1.807, 2.05) is 12.1 Å². The van der Waals surface area contributed by atoms with Crippen LogP contribution in [0.4, 0.5) is 5.69 Å². The first kappa shape index (κ1) is 22.1. The van der Waals surface area contributed by atoms with Gasteiger partial charge in [-0.05, 0) is 66.7 Å².